The Morgan fingerprint density at radius 2 is 0.324 bits per heavy atom. The Morgan fingerprint density at radius 1 is 0.141 bits per heavy atom. The van der Waals surface area contributed by atoms with Crippen molar-refractivity contribution in [3.05, 3.63) is 517 Å². The van der Waals surface area contributed by atoms with Crippen LogP contribution in [0.1, 0.15) is 79.6 Å². The molecule has 0 saturated carbocycles. The molecule has 672 valence electrons. The van der Waals surface area contributed by atoms with E-state index in [0.29, 0.717) is 102 Å². The smallest absolute Gasteiger partial charge is 0.193 e. The summed E-state index contributed by atoms with van der Waals surface area (Å²) < 4.78 is 39.9. The van der Waals surface area contributed by atoms with Crippen LogP contribution in [-0.4, -0.2) is 28.9 Å². The number of ether oxygens (including phenoxy) is 6. The lowest BCUT2D eigenvalue weighted by Crippen LogP contribution is -2.17. The molecular formula is C125H76N6O11. The number of fused-ring (bicyclic) bond motifs is 12. The number of benzene rings is 20. The van der Waals surface area contributed by atoms with Gasteiger partial charge in [0, 0.05) is 101 Å². The Morgan fingerprint density at radius 3 is 0.570 bits per heavy atom. The van der Waals surface area contributed by atoms with E-state index in [1.54, 1.807) is 48.5 Å². The molecule has 0 bridgehead atoms. The lowest BCUT2D eigenvalue weighted by molar-refractivity contribution is 0.102. The summed E-state index contributed by atoms with van der Waals surface area (Å²) in [6.45, 7) is 0. The molecule has 6 heterocycles. The molecule has 0 unspecified atom stereocenters. The van der Waals surface area contributed by atoms with Gasteiger partial charge < -0.3 is 57.8 Å². The fourth-order valence-corrected chi connectivity index (χ4v) is 19.9. The highest BCUT2D eigenvalue weighted by atomic mass is 16.5. The Balaban J connectivity index is 0.421. The van der Waals surface area contributed by atoms with Gasteiger partial charge in [0.1, 0.15) is 0 Å². The van der Waals surface area contributed by atoms with E-state index in [1.165, 1.54) is 0 Å². The van der Waals surface area contributed by atoms with Crippen LogP contribution in [0.15, 0.2) is 461 Å². The molecule has 20 aromatic carbocycles. The fourth-order valence-electron chi connectivity index (χ4n) is 19.9. The van der Waals surface area contributed by atoms with Crippen LogP contribution >= 0.6 is 0 Å². The minimum Gasteiger partial charge on any atom is -0.453 e. The number of hydrogen-bond donors (Lipinski definition) is 0. The average Bonchev–Trinajstić information content (AvgIpc) is 0.735. The molecule has 0 amide bonds. The molecule has 0 spiro atoms. The van der Waals surface area contributed by atoms with Gasteiger partial charge in [-0.05, 0) is 296 Å². The summed E-state index contributed by atoms with van der Waals surface area (Å²) in [6, 6.07) is 147. The minimum absolute atomic E-state index is 0.0989. The molecule has 6 aliphatic heterocycles. The van der Waals surface area contributed by atoms with Crippen LogP contribution in [0.25, 0.3) is 22.3 Å². The summed E-state index contributed by atoms with van der Waals surface area (Å²) in [5.74, 6) is 7.13. The topological polar surface area (TPSA) is 160 Å². The molecule has 0 radical (unpaired) electrons. The molecule has 0 saturated heterocycles. The van der Waals surface area contributed by atoms with Crippen LogP contribution in [0, 0.1) is 0 Å². The molecule has 0 aliphatic carbocycles. The largest absolute Gasteiger partial charge is 0.453 e. The van der Waals surface area contributed by atoms with Gasteiger partial charge >= 0.3 is 0 Å². The van der Waals surface area contributed by atoms with Crippen molar-refractivity contribution in [1.29, 1.82) is 0 Å². The highest BCUT2D eigenvalue weighted by Crippen LogP contribution is 2.61. The Hall–Kier alpha value is -19.7. The number of ketones is 5. The summed E-state index contributed by atoms with van der Waals surface area (Å²) in [7, 11) is 0. The Bertz CT molecular complexity index is 8500. The Labute approximate surface area is 815 Å². The fraction of sp³-hybridized carbons (Fsp3) is 0. The van der Waals surface area contributed by atoms with Crippen molar-refractivity contribution < 1.29 is 52.4 Å². The summed E-state index contributed by atoms with van der Waals surface area (Å²) in [5.41, 5.74) is 23.1. The van der Waals surface area contributed by atoms with Crippen molar-refractivity contribution >= 4 is 131 Å². The predicted octanol–water partition coefficient (Wildman–Crippen LogP) is 32.6. The van der Waals surface area contributed by atoms with Crippen molar-refractivity contribution in [2.75, 3.05) is 29.4 Å². The molecule has 0 N–H and O–H groups in total. The zero-order valence-corrected chi connectivity index (χ0v) is 75.6. The highest BCUT2D eigenvalue weighted by molar-refractivity contribution is 6.15. The second-order valence-corrected chi connectivity index (χ2v) is 35.1. The van der Waals surface area contributed by atoms with Crippen molar-refractivity contribution in [2.45, 2.75) is 0 Å². The zero-order chi connectivity index (χ0) is 94.7. The van der Waals surface area contributed by atoms with Crippen molar-refractivity contribution in [3.63, 3.8) is 0 Å². The van der Waals surface area contributed by atoms with E-state index in [0.717, 1.165) is 148 Å². The first-order valence-electron chi connectivity index (χ1n) is 46.6. The average molecular weight is 1840 g/mol. The molecule has 0 atom stereocenters. The van der Waals surface area contributed by atoms with Crippen LogP contribution in [-0.2, 0) is 0 Å². The second kappa shape index (κ2) is 34.0. The van der Waals surface area contributed by atoms with E-state index in [4.69, 9.17) is 28.4 Å². The normalized spacial score (nSPS) is 12.8. The van der Waals surface area contributed by atoms with Gasteiger partial charge in [0.15, 0.2) is 97.9 Å². The molecule has 0 aromatic heterocycles. The highest BCUT2D eigenvalue weighted by Gasteiger charge is 2.37. The maximum atomic E-state index is 14.5. The van der Waals surface area contributed by atoms with E-state index in [9.17, 15) is 24.0 Å². The van der Waals surface area contributed by atoms with Gasteiger partial charge in [-0.15, -0.1) is 0 Å². The second-order valence-electron chi connectivity index (χ2n) is 35.1. The van der Waals surface area contributed by atoms with Crippen LogP contribution < -0.4 is 57.8 Å². The van der Waals surface area contributed by atoms with E-state index < -0.39 is 0 Å². The summed E-state index contributed by atoms with van der Waals surface area (Å²) in [6.07, 6.45) is 0. The van der Waals surface area contributed by atoms with Crippen LogP contribution in [0.5, 0.6) is 69.0 Å². The molecular weight excluding hydrogens is 1760 g/mol. The van der Waals surface area contributed by atoms with Gasteiger partial charge in [-0.25, -0.2) is 0 Å². The Kier molecular flexibility index (Phi) is 19.9. The maximum absolute atomic E-state index is 14.5. The molecule has 142 heavy (non-hydrogen) atoms. The third-order valence-corrected chi connectivity index (χ3v) is 26.8. The lowest BCUT2D eigenvalue weighted by Gasteiger charge is -2.34. The SMILES string of the molecule is O=C(c1ccc(C(=O)c2ccc(N3c4ccccc4Oc4cc(-c5cccc6c5Oc5ccccc5N6c5ccc(C(=O)c6cccc(C(=O)c7ccc(N8c9ccccc9Oc9ccccc98)cc7)c6)cc5)ccc43)cc2)cc1)c1ccc(N2c3ccccc3Oc3cc(-c4cccc5c4Oc4ccccc4N5c4ccc(C(=O)c5ccc(N6c7ccccc7Oc7ccccc76)cc5)cc4)ccc32)cc1. The third-order valence-electron chi connectivity index (χ3n) is 26.8. The third kappa shape index (κ3) is 14.3. The van der Waals surface area contributed by atoms with Gasteiger partial charge in [0.05, 0.1) is 68.2 Å². The van der Waals surface area contributed by atoms with E-state index >= 15 is 0 Å². The summed E-state index contributed by atoms with van der Waals surface area (Å²) in [4.78, 5) is 84.8. The van der Waals surface area contributed by atoms with Crippen LogP contribution in [0.2, 0.25) is 0 Å². The number of anilines is 18. The number of carbonyl (C=O) groups is 5. The first-order chi connectivity index (χ1) is 69.9. The molecule has 6 aliphatic rings. The number of carbonyl (C=O) groups excluding carboxylic acids is 5. The van der Waals surface area contributed by atoms with E-state index in [1.807, 2.05) is 400 Å². The molecule has 26 rings (SSSR count). The van der Waals surface area contributed by atoms with E-state index in [2.05, 4.69) is 41.5 Å². The molecule has 17 heteroatoms. The first-order valence-corrected chi connectivity index (χ1v) is 46.6. The van der Waals surface area contributed by atoms with Crippen molar-refractivity contribution in [3.8, 4) is 91.2 Å². The number of rotatable bonds is 18. The summed E-state index contributed by atoms with van der Waals surface area (Å²) in [5, 5.41) is 0. The van der Waals surface area contributed by atoms with Crippen molar-refractivity contribution in [1.82, 2.24) is 0 Å². The predicted molar refractivity (Wildman–Crippen MR) is 555 cm³/mol. The summed E-state index contributed by atoms with van der Waals surface area (Å²) >= 11 is 0. The standard InChI is InChI=1S/C125H76N6O11/c132-119(79-48-62-91(63-49-79)128-101-28-5-13-38-113(101)139-117-75-85(58-72-105(117)128)95-22-18-32-107-124(95)141-115-40-15-7-30-103(115)130(107)93-68-52-82(53-69-93)121(134)81-46-60-89(61-47-81)126-97-24-1-9-34-109(97)137-110-35-10-2-25-98(110)126)77-42-44-78(45-43-77)120(133)80-50-64-92(65-51-80)129-102-29-6-14-39-114(102)140-118-76-86(59-73-106(118)129)96-23-19-33-108-125(96)142-116-41-16-8-31-104(116)131(108)94-70-56-84(57-71-94)123(136)88-21-17-20-87(74-88)122(135)83-54-66-90(67-55-83)127-99-26-3-11-36-111(99)138-112-37-12-4-27-100(112)127/h1-76H. The molecule has 20 aromatic rings. The number of nitrogens with zero attached hydrogens (tertiary/aromatic N) is 6. The number of hydrogen-bond acceptors (Lipinski definition) is 17. The van der Waals surface area contributed by atoms with E-state index in [-0.39, 0.29) is 28.9 Å². The maximum Gasteiger partial charge on any atom is 0.193 e. The minimum atomic E-state index is -0.226. The van der Waals surface area contributed by atoms with Crippen LogP contribution in [0.3, 0.4) is 0 Å². The van der Waals surface area contributed by atoms with Gasteiger partial charge in [0.25, 0.3) is 0 Å². The van der Waals surface area contributed by atoms with Gasteiger partial charge in [-0.2, -0.15) is 0 Å². The van der Waals surface area contributed by atoms with Gasteiger partial charge in [0.2, 0.25) is 0 Å². The molecule has 17 nitrogen and oxygen atoms in total. The van der Waals surface area contributed by atoms with Gasteiger partial charge in [-0.3, -0.25) is 24.0 Å². The zero-order valence-electron chi connectivity index (χ0n) is 75.6. The van der Waals surface area contributed by atoms with Crippen molar-refractivity contribution in [2.24, 2.45) is 0 Å². The van der Waals surface area contributed by atoms with Gasteiger partial charge in [-0.1, -0.05) is 176 Å². The molecule has 0 fully saturated rings. The quantitative estimate of drug-likeness (QED) is 0.0746. The van der Waals surface area contributed by atoms with Crippen LogP contribution in [0.4, 0.5) is 102 Å². The lowest BCUT2D eigenvalue weighted by atomic mass is 9.97. The number of para-hydroxylation sites is 18. The first kappa shape index (κ1) is 83.0. The monoisotopic (exact) mass is 1840 g/mol.